The summed E-state index contributed by atoms with van der Waals surface area (Å²) in [5.74, 6) is 0. The molecule has 0 spiro atoms. The second kappa shape index (κ2) is 5.77. The van der Waals surface area contributed by atoms with E-state index in [1.54, 1.807) is 7.05 Å². The summed E-state index contributed by atoms with van der Waals surface area (Å²) in [6.07, 6.45) is 1.10. The molecule has 76 valence electrons. The van der Waals surface area contributed by atoms with E-state index in [-0.39, 0.29) is 12.1 Å². The van der Waals surface area contributed by atoms with Gasteiger partial charge in [0.1, 0.15) is 0 Å². The van der Waals surface area contributed by atoms with Crippen LogP contribution in [0.15, 0.2) is 0 Å². The van der Waals surface area contributed by atoms with E-state index in [9.17, 15) is 4.79 Å². The number of carbonyl (C=O) groups is 1. The van der Waals surface area contributed by atoms with Crippen LogP contribution < -0.4 is 16.0 Å². The summed E-state index contributed by atoms with van der Waals surface area (Å²) in [5, 5.41) is 8.45. The molecular weight excluding hydrogens is 170 g/mol. The number of ether oxygens (including phenoxy) is 1. The number of carbonyl (C=O) groups excluding carboxylic acids is 1. The highest BCUT2D eigenvalue weighted by Gasteiger charge is 2.12. The predicted molar refractivity (Wildman–Crippen MR) is 49.7 cm³/mol. The number of morpholine rings is 1. The first kappa shape index (κ1) is 10.3. The first-order chi connectivity index (χ1) is 6.33. The van der Waals surface area contributed by atoms with Gasteiger partial charge in [0.05, 0.1) is 12.7 Å². The standard InChI is InChI=1S/C8H17N3O2/c1-9-8(12)11-3-2-7-6-10-4-5-13-7/h7,10H,2-6H2,1H3,(H2,9,11,12). The van der Waals surface area contributed by atoms with Crippen molar-refractivity contribution >= 4 is 6.03 Å². The van der Waals surface area contributed by atoms with E-state index in [0.29, 0.717) is 6.54 Å². The van der Waals surface area contributed by atoms with Crippen molar-refractivity contribution in [2.24, 2.45) is 0 Å². The molecule has 1 rings (SSSR count). The Balaban J connectivity index is 2.01. The van der Waals surface area contributed by atoms with Gasteiger partial charge in [-0.3, -0.25) is 0 Å². The van der Waals surface area contributed by atoms with E-state index >= 15 is 0 Å². The lowest BCUT2D eigenvalue weighted by Gasteiger charge is -2.23. The van der Waals surface area contributed by atoms with Crippen LogP contribution >= 0.6 is 0 Å². The van der Waals surface area contributed by atoms with Crippen molar-refractivity contribution in [3.63, 3.8) is 0 Å². The lowest BCUT2D eigenvalue weighted by atomic mass is 10.2. The Morgan fingerprint density at radius 3 is 3.15 bits per heavy atom. The van der Waals surface area contributed by atoms with E-state index in [1.165, 1.54) is 0 Å². The number of urea groups is 1. The van der Waals surface area contributed by atoms with Gasteiger partial charge in [0, 0.05) is 26.7 Å². The van der Waals surface area contributed by atoms with Crippen molar-refractivity contribution in [3.05, 3.63) is 0 Å². The van der Waals surface area contributed by atoms with Crippen LogP contribution in [-0.4, -0.2) is 45.4 Å². The molecule has 1 saturated heterocycles. The van der Waals surface area contributed by atoms with Crippen molar-refractivity contribution in [2.45, 2.75) is 12.5 Å². The van der Waals surface area contributed by atoms with E-state index < -0.39 is 0 Å². The number of hydrogen-bond donors (Lipinski definition) is 3. The lowest BCUT2D eigenvalue weighted by Crippen LogP contribution is -2.41. The summed E-state index contributed by atoms with van der Waals surface area (Å²) in [6.45, 7) is 3.24. The van der Waals surface area contributed by atoms with Crippen molar-refractivity contribution in [1.82, 2.24) is 16.0 Å². The zero-order chi connectivity index (χ0) is 9.52. The molecule has 1 unspecified atom stereocenters. The van der Waals surface area contributed by atoms with Gasteiger partial charge < -0.3 is 20.7 Å². The molecule has 5 heteroatoms. The molecule has 2 amide bonds. The molecule has 0 aromatic carbocycles. The van der Waals surface area contributed by atoms with Gasteiger partial charge in [-0.2, -0.15) is 0 Å². The molecule has 0 aromatic heterocycles. The van der Waals surface area contributed by atoms with Crippen LogP contribution in [0.5, 0.6) is 0 Å². The zero-order valence-corrected chi connectivity index (χ0v) is 7.93. The Bertz CT molecular complexity index is 157. The summed E-state index contributed by atoms with van der Waals surface area (Å²) in [7, 11) is 1.61. The summed E-state index contributed by atoms with van der Waals surface area (Å²) >= 11 is 0. The average Bonchev–Trinajstić information content (AvgIpc) is 2.19. The van der Waals surface area contributed by atoms with Gasteiger partial charge in [0.25, 0.3) is 0 Å². The van der Waals surface area contributed by atoms with E-state index in [0.717, 1.165) is 26.1 Å². The average molecular weight is 187 g/mol. The molecule has 0 aliphatic carbocycles. The third-order valence-electron chi connectivity index (χ3n) is 1.98. The van der Waals surface area contributed by atoms with Crippen LogP contribution in [0.2, 0.25) is 0 Å². The van der Waals surface area contributed by atoms with Crippen LogP contribution in [0.3, 0.4) is 0 Å². The molecule has 1 atom stereocenters. The normalized spacial score (nSPS) is 22.4. The predicted octanol–water partition coefficient (Wildman–Crippen LogP) is -0.706. The molecule has 0 radical (unpaired) electrons. The molecule has 0 saturated carbocycles. The van der Waals surface area contributed by atoms with Gasteiger partial charge in [-0.15, -0.1) is 0 Å². The largest absolute Gasteiger partial charge is 0.376 e. The van der Waals surface area contributed by atoms with Gasteiger partial charge >= 0.3 is 6.03 Å². The summed E-state index contributed by atoms with van der Waals surface area (Å²) in [4.78, 5) is 10.8. The second-order valence-corrected chi connectivity index (χ2v) is 2.99. The minimum absolute atomic E-state index is 0.135. The van der Waals surface area contributed by atoms with Crippen LogP contribution in [0.25, 0.3) is 0 Å². The summed E-state index contributed by atoms with van der Waals surface area (Å²) in [5.41, 5.74) is 0. The highest BCUT2D eigenvalue weighted by molar-refractivity contribution is 5.73. The highest BCUT2D eigenvalue weighted by atomic mass is 16.5. The Hall–Kier alpha value is -0.810. The fraction of sp³-hybridized carbons (Fsp3) is 0.875. The van der Waals surface area contributed by atoms with Gasteiger partial charge in [0.2, 0.25) is 0 Å². The van der Waals surface area contributed by atoms with Crippen LogP contribution in [-0.2, 0) is 4.74 Å². The lowest BCUT2D eigenvalue weighted by molar-refractivity contribution is 0.0243. The molecule has 0 bridgehead atoms. The summed E-state index contributed by atoms with van der Waals surface area (Å²) in [6, 6.07) is -0.135. The second-order valence-electron chi connectivity index (χ2n) is 2.99. The maximum Gasteiger partial charge on any atom is 0.314 e. The molecule has 1 fully saturated rings. The number of hydrogen-bond acceptors (Lipinski definition) is 3. The highest BCUT2D eigenvalue weighted by Crippen LogP contribution is 1.99. The number of amides is 2. The quantitative estimate of drug-likeness (QED) is 0.547. The zero-order valence-electron chi connectivity index (χ0n) is 7.93. The SMILES string of the molecule is CNC(=O)NCCC1CNCCO1. The maximum atomic E-state index is 10.8. The Labute approximate surface area is 78.2 Å². The first-order valence-electron chi connectivity index (χ1n) is 4.61. The smallest absolute Gasteiger partial charge is 0.314 e. The monoisotopic (exact) mass is 187 g/mol. The molecule has 5 nitrogen and oxygen atoms in total. The molecule has 0 aromatic rings. The van der Waals surface area contributed by atoms with Crippen molar-refractivity contribution in [2.75, 3.05) is 33.3 Å². The maximum absolute atomic E-state index is 10.8. The molecule has 13 heavy (non-hydrogen) atoms. The fourth-order valence-corrected chi connectivity index (χ4v) is 1.24. The molecule has 1 heterocycles. The van der Waals surface area contributed by atoms with Gasteiger partial charge in [-0.25, -0.2) is 4.79 Å². The fourth-order valence-electron chi connectivity index (χ4n) is 1.24. The van der Waals surface area contributed by atoms with E-state index in [4.69, 9.17) is 4.74 Å². The van der Waals surface area contributed by atoms with Crippen molar-refractivity contribution in [3.8, 4) is 0 Å². The Morgan fingerprint density at radius 2 is 2.54 bits per heavy atom. The van der Waals surface area contributed by atoms with Gasteiger partial charge in [-0.1, -0.05) is 0 Å². The topological polar surface area (TPSA) is 62.4 Å². The summed E-state index contributed by atoms with van der Waals surface area (Å²) < 4.78 is 5.46. The minimum Gasteiger partial charge on any atom is -0.376 e. The third kappa shape index (κ3) is 4.10. The molecule has 1 aliphatic rings. The number of nitrogens with one attached hydrogen (secondary N) is 3. The first-order valence-corrected chi connectivity index (χ1v) is 4.61. The van der Waals surface area contributed by atoms with Crippen molar-refractivity contribution in [1.29, 1.82) is 0 Å². The third-order valence-corrected chi connectivity index (χ3v) is 1.98. The van der Waals surface area contributed by atoms with Crippen molar-refractivity contribution < 1.29 is 9.53 Å². The van der Waals surface area contributed by atoms with E-state index in [1.807, 2.05) is 0 Å². The van der Waals surface area contributed by atoms with Gasteiger partial charge in [0.15, 0.2) is 0 Å². The van der Waals surface area contributed by atoms with Crippen LogP contribution in [0, 0.1) is 0 Å². The van der Waals surface area contributed by atoms with Crippen LogP contribution in [0.4, 0.5) is 4.79 Å². The van der Waals surface area contributed by atoms with Gasteiger partial charge in [-0.05, 0) is 6.42 Å². The number of rotatable bonds is 3. The van der Waals surface area contributed by atoms with E-state index in [2.05, 4.69) is 16.0 Å². The van der Waals surface area contributed by atoms with Crippen LogP contribution in [0.1, 0.15) is 6.42 Å². The molecular formula is C8H17N3O2. The minimum atomic E-state index is -0.135. The Morgan fingerprint density at radius 1 is 1.69 bits per heavy atom. The molecule has 3 N–H and O–H groups in total. The molecule has 1 aliphatic heterocycles. The Kier molecular flexibility index (Phi) is 4.56.